The molecule has 0 radical (unpaired) electrons. The van der Waals surface area contributed by atoms with Crippen LogP contribution >= 0.6 is 0 Å². The first-order valence-electron chi connectivity index (χ1n) is 7.84. The zero-order chi connectivity index (χ0) is 18.9. The first-order valence-corrected chi connectivity index (χ1v) is 7.84. The summed E-state index contributed by atoms with van der Waals surface area (Å²) in [6.07, 6.45) is 0.0689. The third-order valence-corrected chi connectivity index (χ3v) is 3.60. The van der Waals surface area contributed by atoms with Gasteiger partial charge in [-0.1, -0.05) is 30.3 Å². The van der Waals surface area contributed by atoms with Gasteiger partial charge in [0, 0.05) is 12.0 Å². The highest BCUT2D eigenvalue weighted by Gasteiger charge is 2.20. The summed E-state index contributed by atoms with van der Waals surface area (Å²) in [6, 6.07) is 15.7. The zero-order valence-corrected chi connectivity index (χ0v) is 13.8. The van der Waals surface area contributed by atoms with Crippen LogP contribution in [0.1, 0.15) is 21.5 Å². The lowest BCUT2D eigenvalue weighted by Gasteiger charge is -2.15. The highest BCUT2D eigenvalue weighted by Crippen LogP contribution is 2.07. The molecule has 0 aliphatic carbocycles. The van der Waals surface area contributed by atoms with Crippen molar-refractivity contribution in [3.05, 3.63) is 71.3 Å². The summed E-state index contributed by atoms with van der Waals surface area (Å²) in [5.74, 6) is -2.20. The highest BCUT2D eigenvalue weighted by molar-refractivity contribution is 5.96. The minimum absolute atomic E-state index is 0.0689. The number of aliphatic carboxylic acids is 1. The molecule has 7 heteroatoms. The SMILES string of the molecule is N#Cc1ccc(C[C@H](NC(=O)CNC(=O)c2ccccc2)C(=O)O)cc1. The van der Waals surface area contributed by atoms with E-state index in [1.54, 1.807) is 54.6 Å². The molecule has 0 aliphatic rings. The average Bonchev–Trinajstić information content (AvgIpc) is 2.66. The number of nitrogens with one attached hydrogen (secondary N) is 2. The lowest BCUT2D eigenvalue weighted by molar-refractivity contribution is -0.141. The lowest BCUT2D eigenvalue weighted by Crippen LogP contribution is -2.46. The Labute approximate surface area is 150 Å². The smallest absolute Gasteiger partial charge is 0.326 e. The Hall–Kier alpha value is -3.66. The van der Waals surface area contributed by atoms with Gasteiger partial charge in [-0.3, -0.25) is 9.59 Å². The van der Waals surface area contributed by atoms with Crippen molar-refractivity contribution >= 4 is 17.8 Å². The van der Waals surface area contributed by atoms with Gasteiger partial charge >= 0.3 is 5.97 Å². The number of nitriles is 1. The number of carboxylic acids is 1. The second kappa shape index (κ2) is 8.99. The number of carboxylic acid groups (broad SMARTS) is 1. The van der Waals surface area contributed by atoms with E-state index >= 15 is 0 Å². The highest BCUT2D eigenvalue weighted by atomic mass is 16.4. The molecular formula is C19H17N3O4. The molecule has 7 nitrogen and oxygen atoms in total. The number of rotatable bonds is 7. The van der Waals surface area contributed by atoms with E-state index in [1.165, 1.54) is 0 Å². The maximum absolute atomic E-state index is 12.0. The van der Waals surface area contributed by atoms with Gasteiger partial charge in [0.05, 0.1) is 18.2 Å². The molecule has 3 N–H and O–H groups in total. The Morgan fingerprint density at radius 2 is 1.69 bits per heavy atom. The van der Waals surface area contributed by atoms with Crippen LogP contribution in [0.25, 0.3) is 0 Å². The molecule has 0 fully saturated rings. The van der Waals surface area contributed by atoms with Crippen molar-refractivity contribution in [2.45, 2.75) is 12.5 Å². The molecule has 26 heavy (non-hydrogen) atoms. The summed E-state index contributed by atoms with van der Waals surface area (Å²) < 4.78 is 0. The largest absolute Gasteiger partial charge is 0.480 e. The molecule has 0 aliphatic heterocycles. The Kier molecular flexibility index (Phi) is 6.46. The van der Waals surface area contributed by atoms with Gasteiger partial charge in [0.15, 0.2) is 0 Å². The second-order valence-corrected chi connectivity index (χ2v) is 5.52. The summed E-state index contributed by atoms with van der Waals surface area (Å²) in [6.45, 7) is -0.328. The first kappa shape index (κ1) is 18.7. The molecule has 2 aromatic rings. The van der Waals surface area contributed by atoms with Crippen molar-refractivity contribution in [3.8, 4) is 6.07 Å². The third-order valence-electron chi connectivity index (χ3n) is 3.60. The number of carbonyl (C=O) groups is 3. The summed E-state index contributed by atoms with van der Waals surface area (Å²) in [5, 5.41) is 22.9. The minimum atomic E-state index is -1.18. The number of nitrogens with zero attached hydrogens (tertiary/aromatic N) is 1. The Bertz CT molecular complexity index is 826. The van der Waals surface area contributed by atoms with Crippen LogP contribution < -0.4 is 10.6 Å². The molecular weight excluding hydrogens is 334 g/mol. The van der Waals surface area contributed by atoms with Crippen LogP contribution in [0, 0.1) is 11.3 Å². The monoisotopic (exact) mass is 351 g/mol. The number of hydrogen-bond donors (Lipinski definition) is 3. The summed E-state index contributed by atoms with van der Waals surface area (Å²) in [4.78, 5) is 35.2. The van der Waals surface area contributed by atoms with Crippen molar-refractivity contribution in [1.29, 1.82) is 5.26 Å². The number of amides is 2. The van der Waals surface area contributed by atoms with E-state index in [0.29, 0.717) is 16.7 Å². The van der Waals surface area contributed by atoms with E-state index in [0.717, 1.165) is 0 Å². The summed E-state index contributed by atoms with van der Waals surface area (Å²) >= 11 is 0. The summed E-state index contributed by atoms with van der Waals surface area (Å²) in [5.41, 5.74) is 1.55. The van der Waals surface area contributed by atoms with Gasteiger partial charge in [0.1, 0.15) is 6.04 Å². The van der Waals surface area contributed by atoms with Gasteiger partial charge in [-0.25, -0.2) is 4.79 Å². The minimum Gasteiger partial charge on any atom is -0.480 e. The topological polar surface area (TPSA) is 119 Å². The van der Waals surface area contributed by atoms with Gasteiger partial charge in [-0.05, 0) is 29.8 Å². The molecule has 2 rings (SSSR count). The fourth-order valence-electron chi connectivity index (χ4n) is 2.25. The van der Waals surface area contributed by atoms with Gasteiger partial charge in [0.25, 0.3) is 5.91 Å². The Morgan fingerprint density at radius 1 is 1.04 bits per heavy atom. The van der Waals surface area contributed by atoms with Gasteiger partial charge in [-0.15, -0.1) is 0 Å². The molecule has 0 saturated carbocycles. The fourth-order valence-corrected chi connectivity index (χ4v) is 2.25. The van der Waals surface area contributed by atoms with Crippen LogP contribution in [0.5, 0.6) is 0 Å². The number of hydrogen-bond acceptors (Lipinski definition) is 4. The van der Waals surface area contributed by atoms with Gasteiger partial charge in [-0.2, -0.15) is 5.26 Å². The zero-order valence-electron chi connectivity index (χ0n) is 13.8. The normalized spacial score (nSPS) is 11.0. The second-order valence-electron chi connectivity index (χ2n) is 5.52. The van der Waals surface area contributed by atoms with Crippen molar-refractivity contribution in [1.82, 2.24) is 10.6 Å². The lowest BCUT2D eigenvalue weighted by atomic mass is 10.0. The molecule has 1 atom stereocenters. The predicted octanol–water partition coefficient (Wildman–Crippen LogP) is 1.10. The van der Waals surface area contributed by atoms with E-state index in [9.17, 15) is 19.5 Å². The van der Waals surface area contributed by atoms with Crippen molar-refractivity contribution in [2.75, 3.05) is 6.54 Å². The molecule has 2 aromatic carbocycles. The van der Waals surface area contributed by atoms with Crippen LogP contribution in [-0.2, 0) is 16.0 Å². The van der Waals surface area contributed by atoms with Crippen LogP contribution in [-0.4, -0.2) is 35.5 Å². The van der Waals surface area contributed by atoms with Crippen molar-refractivity contribution in [2.24, 2.45) is 0 Å². The van der Waals surface area contributed by atoms with E-state index in [4.69, 9.17) is 5.26 Å². The molecule has 0 bridgehead atoms. The Morgan fingerprint density at radius 3 is 2.27 bits per heavy atom. The van der Waals surface area contributed by atoms with E-state index < -0.39 is 23.8 Å². The maximum Gasteiger partial charge on any atom is 0.326 e. The molecule has 0 heterocycles. The van der Waals surface area contributed by atoms with Gasteiger partial charge < -0.3 is 15.7 Å². The van der Waals surface area contributed by atoms with Crippen LogP contribution in [0.3, 0.4) is 0 Å². The molecule has 2 amide bonds. The number of carbonyl (C=O) groups excluding carboxylic acids is 2. The fraction of sp³-hybridized carbons (Fsp3) is 0.158. The van der Waals surface area contributed by atoms with Crippen molar-refractivity contribution < 1.29 is 19.5 Å². The first-order chi connectivity index (χ1) is 12.5. The van der Waals surface area contributed by atoms with Crippen LogP contribution in [0.2, 0.25) is 0 Å². The van der Waals surface area contributed by atoms with E-state index in [-0.39, 0.29) is 13.0 Å². The standard InChI is InChI=1S/C19H17N3O4/c20-11-14-8-6-13(7-9-14)10-16(19(25)26)22-17(23)12-21-18(24)15-4-2-1-3-5-15/h1-9,16H,10,12H2,(H,21,24)(H,22,23)(H,25,26)/t16-/m0/s1. The molecule has 0 saturated heterocycles. The van der Waals surface area contributed by atoms with Crippen molar-refractivity contribution in [3.63, 3.8) is 0 Å². The molecule has 132 valence electrons. The summed E-state index contributed by atoms with van der Waals surface area (Å²) in [7, 11) is 0. The maximum atomic E-state index is 12.0. The predicted molar refractivity (Wildman–Crippen MR) is 93.2 cm³/mol. The quantitative estimate of drug-likeness (QED) is 0.690. The molecule has 0 unspecified atom stereocenters. The van der Waals surface area contributed by atoms with Crippen LogP contribution in [0.15, 0.2) is 54.6 Å². The average molecular weight is 351 g/mol. The van der Waals surface area contributed by atoms with Crippen LogP contribution in [0.4, 0.5) is 0 Å². The van der Waals surface area contributed by atoms with E-state index in [2.05, 4.69) is 10.6 Å². The molecule has 0 aromatic heterocycles. The van der Waals surface area contributed by atoms with E-state index in [1.807, 2.05) is 6.07 Å². The Balaban J connectivity index is 1.90. The molecule has 0 spiro atoms. The third kappa shape index (κ3) is 5.46. The van der Waals surface area contributed by atoms with Gasteiger partial charge in [0.2, 0.25) is 5.91 Å². The number of benzene rings is 2.